The first-order valence-electron chi connectivity index (χ1n) is 12.7. The number of fused-ring (bicyclic) bond motifs is 2. The molecular formula is C26H42O4. The Labute approximate surface area is 183 Å². The summed E-state index contributed by atoms with van der Waals surface area (Å²) in [6.45, 7) is 5.82. The Kier molecular flexibility index (Phi) is 7.15. The fraction of sp³-hybridized carbons (Fsp3) is 0.923. The zero-order valence-corrected chi connectivity index (χ0v) is 19.1. The van der Waals surface area contributed by atoms with Crippen LogP contribution in [0.4, 0.5) is 0 Å². The van der Waals surface area contributed by atoms with Crippen LogP contribution in [0.3, 0.4) is 0 Å². The second-order valence-corrected chi connectivity index (χ2v) is 10.4. The summed E-state index contributed by atoms with van der Waals surface area (Å²) in [4.78, 5) is 0. The highest BCUT2D eigenvalue weighted by Crippen LogP contribution is 2.71. The zero-order chi connectivity index (χ0) is 21.2. The first-order chi connectivity index (χ1) is 14.6. The van der Waals surface area contributed by atoms with Crippen molar-refractivity contribution in [1.29, 1.82) is 0 Å². The molecule has 1 spiro atoms. The molecule has 6 atom stereocenters. The average Bonchev–Trinajstić information content (AvgIpc) is 3.30. The summed E-state index contributed by atoms with van der Waals surface area (Å²) < 4.78 is 12.6. The molecule has 0 bridgehead atoms. The van der Waals surface area contributed by atoms with E-state index < -0.39 is 18.0 Å². The fourth-order valence-corrected chi connectivity index (χ4v) is 7.37. The highest BCUT2D eigenvalue weighted by molar-refractivity contribution is 5.25. The van der Waals surface area contributed by atoms with Crippen LogP contribution in [0.5, 0.6) is 0 Å². The van der Waals surface area contributed by atoms with Crippen molar-refractivity contribution in [2.24, 2.45) is 29.1 Å². The molecular weight excluding hydrogens is 376 g/mol. The van der Waals surface area contributed by atoms with Crippen molar-refractivity contribution in [3.05, 3.63) is 0 Å². The largest absolute Gasteiger partial charge is 0.392 e. The number of unbranched alkanes of at least 4 members (excludes halogenated alkanes) is 3. The number of ether oxygens (including phenoxy) is 2. The molecule has 0 aromatic rings. The smallest absolute Gasteiger partial charge is 0.177 e. The molecule has 0 aromatic carbocycles. The van der Waals surface area contributed by atoms with Crippen LogP contribution in [0.1, 0.15) is 90.9 Å². The van der Waals surface area contributed by atoms with E-state index >= 15 is 0 Å². The van der Waals surface area contributed by atoms with E-state index in [1.807, 2.05) is 0 Å². The van der Waals surface area contributed by atoms with E-state index in [9.17, 15) is 10.2 Å². The second-order valence-electron chi connectivity index (χ2n) is 10.4. The Bertz CT molecular complexity index is 625. The minimum absolute atomic E-state index is 0.0367. The molecule has 4 fully saturated rings. The van der Waals surface area contributed by atoms with Crippen LogP contribution in [-0.4, -0.2) is 41.4 Å². The van der Waals surface area contributed by atoms with E-state index in [1.165, 1.54) is 44.9 Å². The van der Waals surface area contributed by atoms with E-state index in [4.69, 9.17) is 9.47 Å². The lowest BCUT2D eigenvalue weighted by atomic mass is 9.40. The van der Waals surface area contributed by atoms with Crippen molar-refractivity contribution < 1.29 is 19.7 Å². The topological polar surface area (TPSA) is 58.9 Å². The number of hydrogen-bond acceptors (Lipinski definition) is 4. The summed E-state index contributed by atoms with van der Waals surface area (Å²) in [6.07, 6.45) is 12.6. The third-order valence-electron chi connectivity index (χ3n) is 8.84. The molecule has 1 saturated heterocycles. The molecule has 1 aliphatic heterocycles. The van der Waals surface area contributed by atoms with Gasteiger partial charge in [-0.2, -0.15) is 0 Å². The molecule has 30 heavy (non-hydrogen) atoms. The lowest BCUT2D eigenvalue weighted by Gasteiger charge is -2.69. The van der Waals surface area contributed by atoms with Gasteiger partial charge in [0.15, 0.2) is 5.79 Å². The third kappa shape index (κ3) is 3.75. The van der Waals surface area contributed by atoms with Crippen molar-refractivity contribution in [3.8, 4) is 11.8 Å². The Balaban J connectivity index is 1.54. The normalized spacial score (nSPS) is 39.1. The van der Waals surface area contributed by atoms with E-state index in [-0.39, 0.29) is 23.2 Å². The molecule has 2 N–H and O–H groups in total. The molecule has 170 valence electrons. The Morgan fingerprint density at radius 3 is 2.47 bits per heavy atom. The maximum atomic E-state index is 10.9. The van der Waals surface area contributed by atoms with Crippen molar-refractivity contribution in [2.75, 3.05) is 13.2 Å². The standard InChI is InChI=1S/C26H42O4/c1-3-4-5-9-15-25-16-14-23(28)21(12-13-22(27)20-10-7-6-8-11-20)24(25)19(2)26(25)29-17-18-30-26/h19-24,27-28H,3-11,14-18H2,1-2H3/t19?,21-,22-,23+,24+,25-/m1/s1. The first-order valence-corrected chi connectivity index (χ1v) is 12.7. The highest BCUT2D eigenvalue weighted by Gasteiger charge is 2.75. The van der Waals surface area contributed by atoms with Gasteiger partial charge < -0.3 is 19.7 Å². The van der Waals surface area contributed by atoms with Crippen LogP contribution in [0.25, 0.3) is 0 Å². The zero-order valence-electron chi connectivity index (χ0n) is 19.1. The number of aliphatic hydroxyl groups excluding tert-OH is 2. The average molecular weight is 419 g/mol. The SMILES string of the molecule is CCCCCC[C@@]12CC[C@H](O)[C@@H](C#C[C@@H](O)C3CCCCC3)[C@@H]1C(C)C21OCCO1. The van der Waals surface area contributed by atoms with Crippen LogP contribution in [0.15, 0.2) is 0 Å². The molecule has 4 rings (SSSR count). The van der Waals surface area contributed by atoms with Gasteiger partial charge in [-0.05, 0) is 43.9 Å². The molecule has 3 aliphatic carbocycles. The molecule has 4 aliphatic rings. The van der Waals surface area contributed by atoms with Gasteiger partial charge in [0.2, 0.25) is 0 Å². The monoisotopic (exact) mass is 418 g/mol. The summed E-state index contributed by atoms with van der Waals surface area (Å²) in [5, 5.41) is 21.6. The molecule has 4 heteroatoms. The van der Waals surface area contributed by atoms with Gasteiger partial charge >= 0.3 is 0 Å². The van der Waals surface area contributed by atoms with Crippen LogP contribution >= 0.6 is 0 Å². The van der Waals surface area contributed by atoms with Crippen molar-refractivity contribution >= 4 is 0 Å². The van der Waals surface area contributed by atoms with Gasteiger partial charge in [-0.1, -0.05) is 70.6 Å². The number of hydrogen-bond donors (Lipinski definition) is 2. The van der Waals surface area contributed by atoms with E-state index in [1.54, 1.807) is 0 Å². The lowest BCUT2D eigenvalue weighted by molar-refractivity contribution is -0.388. The Morgan fingerprint density at radius 2 is 1.77 bits per heavy atom. The van der Waals surface area contributed by atoms with Gasteiger partial charge in [-0.25, -0.2) is 0 Å². The second kappa shape index (κ2) is 9.49. The summed E-state index contributed by atoms with van der Waals surface area (Å²) in [5.41, 5.74) is -0.0367. The molecule has 1 heterocycles. The fourth-order valence-electron chi connectivity index (χ4n) is 7.37. The summed E-state index contributed by atoms with van der Waals surface area (Å²) >= 11 is 0. The van der Waals surface area contributed by atoms with Crippen molar-refractivity contribution in [3.63, 3.8) is 0 Å². The number of aliphatic hydroxyl groups is 2. The number of rotatable bonds is 6. The minimum Gasteiger partial charge on any atom is -0.392 e. The molecule has 0 radical (unpaired) electrons. The van der Waals surface area contributed by atoms with Crippen molar-refractivity contribution in [1.82, 2.24) is 0 Å². The Hall–Kier alpha value is -0.600. The van der Waals surface area contributed by atoms with Gasteiger partial charge in [0.05, 0.1) is 25.2 Å². The van der Waals surface area contributed by atoms with Gasteiger partial charge in [-0.15, -0.1) is 0 Å². The van der Waals surface area contributed by atoms with Crippen LogP contribution in [0.2, 0.25) is 0 Å². The molecule has 3 saturated carbocycles. The predicted molar refractivity (Wildman–Crippen MR) is 118 cm³/mol. The summed E-state index contributed by atoms with van der Waals surface area (Å²) in [5.74, 6) is 6.85. The molecule has 4 nitrogen and oxygen atoms in total. The third-order valence-corrected chi connectivity index (χ3v) is 8.84. The minimum atomic E-state index is -0.554. The van der Waals surface area contributed by atoms with Gasteiger partial charge in [-0.3, -0.25) is 0 Å². The van der Waals surface area contributed by atoms with E-state index in [2.05, 4.69) is 25.7 Å². The maximum Gasteiger partial charge on any atom is 0.177 e. The summed E-state index contributed by atoms with van der Waals surface area (Å²) in [7, 11) is 0. The van der Waals surface area contributed by atoms with Crippen LogP contribution < -0.4 is 0 Å². The maximum absolute atomic E-state index is 10.9. The Morgan fingerprint density at radius 1 is 1.03 bits per heavy atom. The predicted octanol–water partition coefficient (Wildman–Crippen LogP) is 4.67. The van der Waals surface area contributed by atoms with E-state index in [0.717, 1.165) is 32.1 Å². The van der Waals surface area contributed by atoms with Gasteiger partial charge in [0.1, 0.15) is 6.10 Å². The highest BCUT2D eigenvalue weighted by atomic mass is 16.7. The quantitative estimate of drug-likeness (QED) is 0.486. The first kappa shape index (κ1) is 22.6. The molecule has 0 aromatic heterocycles. The van der Waals surface area contributed by atoms with Crippen LogP contribution in [0, 0.1) is 40.9 Å². The lowest BCUT2D eigenvalue weighted by Crippen LogP contribution is -2.74. The van der Waals surface area contributed by atoms with Gasteiger partial charge in [0.25, 0.3) is 0 Å². The molecule has 1 unspecified atom stereocenters. The van der Waals surface area contributed by atoms with Gasteiger partial charge in [0, 0.05) is 11.3 Å². The van der Waals surface area contributed by atoms with E-state index in [0.29, 0.717) is 19.1 Å². The molecule has 0 amide bonds. The van der Waals surface area contributed by atoms with Crippen LogP contribution in [-0.2, 0) is 9.47 Å². The summed E-state index contributed by atoms with van der Waals surface area (Å²) in [6, 6.07) is 0. The van der Waals surface area contributed by atoms with Crippen molar-refractivity contribution in [2.45, 2.75) is 109 Å².